The summed E-state index contributed by atoms with van der Waals surface area (Å²) in [6.45, 7) is 5.58. The van der Waals surface area contributed by atoms with E-state index in [0.29, 0.717) is 16.5 Å². The van der Waals surface area contributed by atoms with Crippen molar-refractivity contribution in [3.63, 3.8) is 0 Å². The molecule has 2 aromatic rings. The van der Waals surface area contributed by atoms with E-state index in [4.69, 9.17) is 20.9 Å². The number of halogens is 2. The fourth-order valence-electron chi connectivity index (χ4n) is 2.70. The van der Waals surface area contributed by atoms with Crippen LogP contribution in [0.1, 0.15) is 26.2 Å². The highest BCUT2D eigenvalue weighted by Crippen LogP contribution is 2.29. The zero-order chi connectivity index (χ0) is 13.9. The third-order valence-electron chi connectivity index (χ3n) is 3.75. The lowest BCUT2D eigenvalue weighted by molar-refractivity contribution is 0.0948. The van der Waals surface area contributed by atoms with Crippen LogP contribution in [0.15, 0.2) is 22.7 Å². The summed E-state index contributed by atoms with van der Waals surface area (Å²) in [5.41, 5.74) is 0.716. The predicted molar refractivity (Wildman–Crippen MR) is 86.6 cm³/mol. The molecule has 6 heteroatoms. The second-order valence-corrected chi connectivity index (χ2v) is 5.72. The fourth-order valence-corrected chi connectivity index (χ4v) is 2.87. The van der Waals surface area contributed by atoms with Crippen molar-refractivity contribution in [3.05, 3.63) is 23.2 Å². The maximum absolute atomic E-state index is 6.01. The van der Waals surface area contributed by atoms with Gasteiger partial charge in [-0.25, -0.2) is 0 Å². The SMILES string of the molecule is CCCN1CCC(Oc2noc3ccc(Cl)cc23)CC1.Cl. The lowest BCUT2D eigenvalue weighted by Gasteiger charge is -2.31. The van der Waals surface area contributed by atoms with Gasteiger partial charge in [-0.2, -0.15) is 0 Å². The number of hydrogen-bond acceptors (Lipinski definition) is 4. The first kappa shape index (κ1) is 16.4. The van der Waals surface area contributed by atoms with E-state index in [9.17, 15) is 0 Å². The van der Waals surface area contributed by atoms with Crippen LogP contribution in [-0.2, 0) is 0 Å². The van der Waals surface area contributed by atoms with Crippen molar-refractivity contribution in [3.8, 4) is 5.88 Å². The topological polar surface area (TPSA) is 38.5 Å². The Kier molecular flexibility index (Phi) is 5.73. The second kappa shape index (κ2) is 7.34. The van der Waals surface area contributed by atoms with Gasteiger partial charge >= 0.3 is 0 Å². The van der Waals surface area contributed by atoms with Gasteiger partial charge in [-0.15, -0.1) is 12.4 Å². The first-order chi connectivity index (χ1) is 9.76. The molecule has 1 aliphatic heterocycles. The Morgan fingerprint density at radius 1 is 1.38 bits per heavy atom. The molecule has 1 aliphatic rings. The molecular formula is C15H20Cl2N2O2. The number of ether oxygens (including phenoxy) is 1. The lowest BCUT2D eigenvalue weighted by Crippen LogP contribution is -2.38. The largest absolute Gasteiger partial charge is 0.472 e. The van der Waals surface area contributed by atoms with Crippen molar-refractivity contribution >= 4 is 35.0 Å². The van der Waals surface area contributed by atoms with Gasteiger partial charge in [0.05, 0.1) is 5.39 Å². The van der Waals surface area contributed by atoms with E-state index in [1.165, 1.54) is 13.0 Å². The molecule has 0 N–H and O–H groups in total. The van der Waals surface area contributed by atoms with Crippen LogP contribution in [0.25, 0.3) is 11.0 Å². The first-order valence-electron chi connectivity index (χ1n) is 7.20. The molecule has 4 nitrogen and oxygen atoms in total. The molecule has 1 aromatic carbocycles. The maximum Gasteiger partial charge on any atom is 0.262 e. The number of nitrogens with zero attached hydrogens (tertiary/aromatic N) is 2. The van der Waals surface area contributed by atoms with E-state index >= 15 is 0 Å². The number of hydrogen-bond donors (Lipinski definition) is 0. The second-order valence-electron chi connectivity index (χ2n) is 5.29. The predicted octanol–water partition coefficient (Wildman–Crippen LogP) is 4.16. The monoisotopic (exact) mass is 330 g/mol. The smallest absolute Gasteiger partial charge is 0.262 e. The van der Waals surface area contributed by atoms with Crippen molar-refractivity contribution in [1.29, 1.82) is 0 Å². The average molecular weight is 331 g/mol. The number of aromatic nitrogens is 1. The molecule has 0 unspecified atom stereocenters. The van der Waals surface area contributed by atoms with Gasteiger partial charge in [0, 0.05) is 18.1 Å². The number of piperidine rings is 1. The van der Waals surface area contributed by atoms with Gasteiger partial charge in [0.2, 0.25) is 0 Å². The molecular weight excluding hydrogens is 311 g/mol. The molecule has 21 heavy (non-hydrogen) atoms. The zero-order valence-corrected chi connectivity index (χ0v) is 13.6. The summed E-state index contributed by atoms with van der Waals surface area (Å²) >= 11 is 6.01. The Bertz CT molecular complexity index is 580. The number of likely N-dealkylation sites (tertiary alicyclic amines) is 1. The van der Waals surface area contributed by atoms with E-state index in [1.807, 2.05) is 12.1 Å². The minimum Gasteiger partial charge on any atom is -0.472 e. The van der Waals surface area contributed by atoms with Crippen LogP contribution in [0.5, 0.6) is 5.88 Å². The Morgan fingerprint density at radius 3 is 2.86 bits per heavy atom. The van der Waals surface area contributed by atoms with Gasteiger partial charge in [-0.1, -0.05) is 18.5 Å². The minimum absolute atomic E-state index is 0. The molecule has 1 saturated heterocycles. The standard InChI is InChI=1S/C15H19ClN2O2.ClH/c1-2-7-18-8-5-12(6-9-18)19-15-13-10-11(16)3-4-14(13)20-17-15;/h3-4,10,12H,2,5-9H2,1H3;1H. The summed E-state index contributed by atoms with van der Waals surface area (Å²) in [5.74, 6) is 0.566. The van der Waals surface area contributed by atoms with E-state index in [0.717, 1.165) is 31.3 Å². The van der Waals surface area contributed by atoms with Gasteiger partial charge in [0.25, 0.3) is 5.88 Å². The van der Waals surface area contributed by atoms with E-state index in [1.54, 1.807) is 6.07 Å². The van der Waals surface area contributed by atoms with Crippen LogP contribution in [0.4, 0.5) is 0 Å². The zero-order valence-electron chi connectivity index (χ0n) is 12.0. The molecule has 0 saturated carbocycles. The van der Waals surface area contributed by atoms with Gasteiger partial charge in [-0.3, -0.25) is 0 Å². The van der Waals surface area contributed by atoms with Crippen LogP contribution in [0.3, 0.4) is 0 Å². The highest BCUT2D eigenvalue weighted by Gasteiger charge is 2.22. The molecule has 116 valence electrons. The van der Waals surface area contributed by atoms with E-state index < -0.39 is 0 Å². The third-order valence-corrected chi connectivity index (χ3v) is 3.99. The lowest BCUT2D eigenvalue weighted by atomic mass is 10.1. The Labute approximate surface area is 135 Å². The normalized spacial score (nSPS) is 16.9. The number of rotatable bonds is 4. The van der Waals surface area contributed by atoms with Crippen LogP contribution in [0, 0.1) is 0 Å². The summed E-state index contributed by atoms with van der Waals surface area (Å²) in [7, 11) is 0. The molecule has 1 aromatic heterocycles. The summed E-state index contributed by atoms with van der Waals surface area (Å²) in [6, 6.07) is 5.46. The Morgan fingerprint density at radius 2 is 2.14 bits per heavy atom. The Balaban J connectivity index is 0.00000161. The number of fused-ring (bicyclic) bond motifs is 1. The first-order valence-corrected chi connectivity index (χ1v) is 7.58. The fraction of sp³-hybridized carbons (Fsp3) is 0.533. The highest BCUT2D eigenvalue weighted by atomic mass is 35.5. The van der Waals surface area contributed by atoms with Crippen molar-refractivity contribution in [2.75, 3.05) is 19.6 Å². The molecule has 0 amide bonds. The van der Waals surface area contributed by atoms with Crippen LogP contribution < -0.4 is 4.74 Å². The summed E-state index contributed by atoms with van der Waals surface area (Å²) in [5, 5.41) is 5.54. The molecule has 0 aliphatic carbocycles. The molecule has 1 fully saturated rings. The molecule has 0 spiro atoms. The van der Waals surface area contributed by atoms with E-state index in [-0.39, 0.29) is 18.5 Å². The highest BCUT2D eigenvalue weighted by molar-refractivity contribution is 6.31. The van der Waals surface area contributed by atoms with Gasteiger partial charge in [0.1, 0.15) is 6.10 Å². The molecule has 3 rings (SSSR count). The maximum atomic E-state index is 6.01. The molecule has 0 radical (unpaired) electrons. The third kappa shape index (κ3) is 3.82. The minimum atomic E-state index is 0. The van der Waals surface area contributed by atoms with Crippen molar-refractivity contribution in [2.45, 2.75) is 32.3 Å². The Hall–Kier alpha value is -0.970. The van der Waals surface area contributed by atoms with Crippen molar-refractivity contribution in [2.24, 2.45) is 0 Å². The van der Waals surface area contributed by atoms with Gasteiger partial charge in [0.15, 0.2) is 5.58 Å². The van der Waals surface area contributed by atoms with E-state index in [2.05, 4.69) is 17.0 Å². The average Bonchev–Trinajstić information content (AvgIpc) is 2.84. The van der Waals surface area contributed by atoms with Crippen molar-refractivity contribution in [1.82, 2.24) is 10.1 Å². The van der Waals surface area contributed by atoms with Crippen LogP contribution in [0.2, 0.25) is 5.02 Å². The summed E-state index contributed by atoms with van der Waals surface area (Å²) < 4.78 is 11.3. The quantitative estimate of drug-likeness (QED) is 0.843. The molecule has 2 heterocycles. The van der Waals surface area contributed by atoms with Crippen LogP contribution >= 0.6 is 24.0 Å². The van der Waals surface area contributed by atoms with Gasteiger partial charge in [-0.05, 0) is 49.2 Å². The summed E-state index contributed by atoms with van der Waals surface area (Å²) in [4.78, 5) is 2.48. The molecule has 0 bridgehead atoms. The number of benzene rings is 1. The van der Waals surface area contributed by atoms with Crippen LogP contribution in [-0.4, -0.2) is 35.8 Å². The summed E-state index contributed by atoms with van der Waals surface area (Å²) in [6.07, 6.45) is 3.50. The van der Waals surface area contributed by atoms with Crippen molar-refractivity contribution < 1.29 is 9.26 Å². The molecule has 0 atom stereocenters. The van der Waals surface area contributed by atoms with Gasteiger partial charge < -0.3 is 14.2 Å².